The van der Waals surface area contributed by atoms with E-state index in [0.717, 1.165) is 42.5 Å². The summed E-state index contributed by atoms with van der Waals surface area (Å²) in [6.07, 6.45) is 5.28. The molecule has 2 N–H and O–H groups in total. The summed E-state index contributed by atoms with van der Waals surface area (Å²) in [5.41, 5.74) is 3.19. The van der Waals surface area contributed by atoms with Gasteiger partial charge in [-0.25, -0.2) is 0 Å². The van der Waals surface area contributed by atoms with Gasteiger partial charge in [-0.3, -0.25) is 14.3 Å². The Morgan fingerprint density at radius 2 is 1.65 bits per heavy atom. The number of aryl methyl sites for hydroxylation is 3. The van der Waals surface area contributed by atoms with Crippen LogP contribution in [0.1, 0.15) is 53.7 Å². The smallest absolute Gasteiger partial charge is 0.276 e. The van der Waals surface area contributed by atoms with Gasteiger partial charge >= 0.3 is 0 Å². The highest BCUT2D eigenvalue weighted by Crippen LogP contribution is 2.25. The molecule has 6 heteroatoms. The number of nitrogens with one attached hydrogen (secondary N) is 2. The van der Waals surface area contributed by atoms with E-state index in [0.29, 0.717) is 5.82 Å². The van der Waals surface area contributed by atoms with Crippen LogP contribution in [0.5, 0.6) is 0 Å². The van der Waals surface area contributed by atoms with Crippen LogP contribution in [0.15, 0.2) is 24.3 Å². The second kappa shape index (κ2) is 7.72. The summed E-state index contributed by atoms with van der Waals surface area (Å²) in [5.74, 6) is 0.343. The van der Waals surface area contributed by atoms with Crippen LogP contribution in [-0.4, -0.2) is 21.6 Å². The highest BCUT2D eigenvalue weighted by molar-refractivity contribution is 6.04. The first-order valence-electron chi connectivity index (χ1n) is 9.17. The van der Waals surface area contributed by atoms with Crippen molar-refractivity contribution in [2.75, 3.05) is 10.6 Å². The summed E-state index contributed by atoms with van der Waals surface area (Å²) in [6.45, 7) is 3.98. The minimum absolute atomic E-state index is 0.0222. The number of benzene rings is 1. The number of carbonyl (C=O) groups excluding carboxylic acids is 2. The first-order valence-corrected chi connectivity index (χ1v) is 9.17. The molecule has 2 aromatic rings. The molecule has 1 fully saturated rings. The number of anilines is 2. The van der Waals surface area contributed by atoms with Crippen LogP contribution in [0.25, 0.3) is 0 Å². The van der Waals surface area contributed by atoms with E-state index in [-0.39, 0.29) is 23.4 Å². The van der Waals surface area contributed by atoms with Crippen molar-refractivity contribution >= 4 is 23.3 Å². The van der Waals surface area contributed by atoms with E-state index in [4.69, 9.17) is 0 Å². The maximum atomic E-state index is 12.5. The lowest BCUT2D eigenvalue weighted by Crippen LogP contribution is -2.25. The van der Waals surface area contributed by atoms with Gasteiger partial charge in [-0.15, -0.1) is 0 Å². The fourth-order valence-corrected chi connectivity index (χ4v) is 3.53. The Hall–Kier alpha value is -2.63. The molecule has 3 rings (SSSR count). The first kappa shape index (κ1) is 18.2. The zero-order valence-corrected chi connectivity index (χ0v) is 15.6. The molecule has 0 saturated heterocycles. The van der Waals surface area contributed by atoms with Crippen LogP contribution in [0.3, 0.4) is 0 Å². The van der Waals surface area contributed by atoms with Crippen molar-refractivity contribution in [2.24, 2.45) is 13.0 Å². The summed E-state index contributed by atoms with van der Waals surface area (Å²) in [6, 6.07) is 7.51. The Labute approximate surface area is 154 Å². The minimum Gasteiger partial charge on any atom is -0.321 e. The summed E-state index contributed by atoms with van der Waals surface area (Å²) in [5, 5.41) is 10.0. The van der Waals surface area contributed by atoms with Gasteiger partial charge in [-0.05, 0) is 49.9 Å². The number of carbonyl (C=O) groups is 2. The average molecular weight is 354 g/mol. The van der Waals surface area contributed by atoms with Gasteiger partial charge in [-0.1, -0.05) is 25.3 Å². The van der Waals surface area contributed by atoms with E-state index in [2.05, 4.69) is 21.8 Å². The zero-order chi connectivity index (χ0) is 18.7. The molecular weight excluding hydrogens is 328 g/mol. The van der Waals surface area contributed by atoms with E-state index in [1.54, 1.807) is 13.1 Å². The second-order valence-electron chi connectivity index (χ2n) is 7.19. The summed E-state index contributed by atoms with van der Waals surface area (Å²) in [4.78, 5) is 24.9. The normalized spacial score (nSPS) is 14.9. The number of rotatable bonds is 4. The topological polar surface area (TPSA) is 76.0 Å². The molecule has 1 aliphatic rings. The van der Waals surface area contributed by atoms with Crippen molar-refractivity contribution in [3.8, 4) is 0 Å². The van der Waals surface area contributed by atoms with Gasteiger partial charge in [0.25, 0.3) is 5.91 Å². The molecule has 1 aromatic heterocycles. The molecule has 1 aliphatic carbocycles. The predicted molar refractivity (Wildman–Crippen MR) is 102 cm³/mol. The number of hydrogen-bond acceptors (Lipinski definition) is 3. The monoisotopic (exact) mass is 354 g/mol. The van der Waals surface area contributed by atoms with E-state index in [9.17, 15) is 9.59 Å². The highest BCUT2D eigenvalue weighted by Gasteiger charge is 2.22. The molecule has 26 heavy (non-hydrogen) atoms. The average Bonchev–Trinajstić information content (AvgIpc) is 2.95. The quantitative estimate of drug-likeness (QED) is 0.876. The number of nitrogens with zero attached hydrogens (tertiary/aromatic N) is 2. The SMILES string of the molecule is Cc1cc(C)cc(NC(=O)c2cc(NC(=O)C3CCCCC3)n(C)n2)c1. The molecule has 0 unspecified atom stereocenters. The van der Waals surface area contributed by atoms with E-state index in [1.165, 1.54) is 11.1 Å². The van der Waals surface area contributed by atoms with Gasteiger partial charge in [-0.2, -0.15) is 5.10 Å². The third-order valence-corrected chi connectivity index (χ3v) is 4.82. The Morgan fingerprint density at radius 3 is 2.31 bits per heavy atom. The standard InChI is InChI=1S/C20H26N4O2/c1-13-9-14(2)11-16(10-13)21-20(26)17-12-18(24(3)23-17)22-19(25)15-7-5-4-6-8-15/h9-12,15H,4-8H2,1-3H3,(H,21,26)(H,22,25). The molecule has 0 radical (unpaired) electrons. The summed E-state index contributed by atoms with van der Waals surface area (Å²) in [7, 11) is 1.73. The summed E-state index contributed by atoms with van der Waals surface area (Å²) < 4.78 is 1.54. The predicted octanol–water partition coefficient (Wildman–Crippen LogP) is 3.81. The van der Waals surface area contributed by atoms with Crippen LogP contribution in [0.4, 0.5) is 11.5 Å². The lowest BCUT2D eigenvalue weighted by atomic mass is 9.89. The van der Waals surface area contributed by atoms with E-state index >= 15 is 0 Å². The molecule has 1 heterocycles. The lowest BCUT2D eigenvalue weighted by Gasteiger charge is -2.20. The number of hydrogen-bond donors (Lipinski definition) is 2. The molecular formula is C20H26N4O2. The molecule has 2 amide bonds. The molecule has 0 bridgehead atoms. The molecule has 0 atom stereocenters. The van der Waals surface area contributed by atoms with Crippen LogP contribution in [0.2, 0.25) is 0 Å². The van der Waals surface area contributed by atoms with Crippen LogP contribution in [-0.2, 0) is 11.8 Å². The minimum atomic E-state index is -0.288. The fraction of sp³-hybridized carbons (Fsp3) is 0.450. The van der Waals surface area contributed by atoms with Gasteiger partial charge in [0.15, 0.2) is 5.69 Å². The third-order valence-electron chi connectivity index (χ3n) is 4.82. The Balaban J connectivity index is 1.68. The lowest BCUT2D eigenvalue weighted by molar-refractivity contribution is -0.120. The van der Waals surface area contributed by atoms with Crippen molar-refractivity contribution in [1.82, 2.24) is 9.78 Å². The van der Waals surface area contributed by atoms with Gasteiger partial charge < -0.3 is 10.6 Å². The van der Waals surface area contributed by atoms with Crippen LogP contribution in [0, 0.1) is 19.8 Å². The highest BCUT2D eigenvalue weighted by atomic mass is 16.2. The number of aromatic nitrogens is 2. The second-order valence-corrected chi connectivity index (χ2v) is 7.19. The maximum absolute atomic E-state index is 12.5. The molecule has 1 saturated carbocycles. The van der Waals surface area contributed by atoms with Crippen molar-refractivity contribution in [1.29, 1.82) is 0 Å². The van der Waals surface area contributed by atoms with Crippen LogP contribution >= 0.6 is 0 Å². The molecule has 0 aliphatic heterocycles. The maximum Gasteiger partial charge on any atom is 0.276 e. The van der Waals surface area contributed by atoms with Crippen molar-refractivity contribution in [3.05, 3.63) is 41.1 Å². The van der Waals surface area contributed by atoms with Gasteiger partial charge in [0.1, 0.15) is 5.82 Å². The Bertz CT molecular complexity index is 799. The van der Waals surface area contributed by atoms with Crippen molar-refractivity contribution in [3.63, 3.8) is 0 Å². The van der Waals surface area contributed by atoms with Crippen LogP contribution < -0.4 is 10.6 Å². The van der Waals surface area contributed by atoms with E-state index < -0.39 is 0 Å². The van der Waals surface area contributed by atoms with Crippen molar-refractivity contribution < 1.29 is 9.59 Å². The van der Waals surface area contributed by atoms with Gasteiger partial charge in [0.05, 0.1) is 0 Å². The van der Waals surface area contributed by atoms with E-state index in [1.807, 2.05) is 26.0 Å². The molecule has 138 valence electrons. The Morgan fingerprint density at radius 1 is 1.00 bits per heavy atom. The zero-order valence-electron chi connectivity index (χ0n) is 15.6. The largest absolute Gasteiger partial charge is 0.321 e. The van der Waals surface area contributed by atoms with Gasteiger partial charge in [0.2, 0.25) is 5.91 Å². The Kier molecular flexibility index (Phi) is 5.40. The molecule has 0 spiro atoms. The third kappa shape index (κ3) is 4.31. The number of amides is 2. The van der Waals surface area contributed by atoms with Gasteiger partial charge in [0, 0.05) is 24.7 Å². The molecule has 6 nitrogen and oxygen atoms in total. The molecule has 1 aromatic carbocycles. The fourth-order valence-electron chi connectivity index (χ4n) is 3.53. The van der Waals surface area contributed by atoms with Crippen molar-refractivity contribution in [2.45, 2.75) is 46.0 Å². The first-order chi connectivity index (χ1) is 12.4. The summed E-state index contributed by atoms with van der Waals surface area (Å²) >= 11 is 0.